The highest BCUT2D eigenvalue weighted by Crippen LogP contribution is 2.25. The lowest BCUT2D eigenvalue weighted by molar-refractivity contribution is 0.298. The smallest absolute Gasteiger partial charge is 0.266 e. The fourth-order valence-electron chi connectivity index (χ4n) is 5.21. The van der Waals surface area contributed by atoms with Crippen molar-refractivity contribution in [1.29, 1.82) is 0 Å². The molecular formula is C34H62O6S2. The minimum Gasteiger partial charge on any atom is -0.266 e. The van der Waals surface area contributed by atoms with Crippen molar-refractivity contribution in [1.82, 2.24) is 0 Å². The SMILES string of the molecule is CCCCCCCCCCCCCCOS(=O)(=O)c1ccccc1S(=O)(=O)OCCCCCCCCCCCCCC. The van der Waals surface area contributed by atoms with Crippen LogP contribution in [-0.2, 0) is 28.6 Å². The molecular weight excluding hydrogens is 569 g/mol. The minimum absolute atomic E-state index is 0.0495. The van der Waals surface area contributed by atoms with Gasteiger partial charge in [-0.3, -0.25) is 8.37 Å². The van der Waals surface area contributed by atoms with Crippen molar-refractivity contribution in [3.05, 3.63) is 24.3 Å². The van der Waals surface area contributed by atoms with Crippen LogP contribution in [0.4, 0.5) is 0 Å². The molecule has 6 nitrogen and oxygen atoms in total. The van der Waals surface area contributed by atoms with Crippen molar-refractivity contribution < 1.29 is 25.2 Å². The van der Waals surface area contributed by atoms with Gasteiger partial charge in [-0.25, -0.2) is 0 Å². The number of rotatable bonds is 30. The van der Waals surface area contributed by atoms with Crippen LogP contribution in [0.1, 0.15) is 168 Å². The Hall–Kier alpha value is -0.960. The van der Waals surface area contributed by atoms with E-state index in [9.17, 15) is 16.8 Å². The van der Waals surface area contributed by atoms with E-state index in [1.807, 2.05) is 0 Å². The first kappa shape index (κ1) is 39.1. The summed E-state index contributed by atoms with van der Waals surface area (Å²) in [6.07, 6.45) is 28.3. The molecule has 0 radical (unpaired) electrons. The predicted octanol–water partition coefficient (Wildman–Crippen LogP) is 10.5. The summed E-state index contributed by atoms with van der Waals surface area (Å²) in [6, 6.07) is 5.56. The van der Waals surface area contributed by atoms with Crippen LogP contribution in [0.25, 0.3) is 0 Å². The Bertz CT molecular complexity index is 897. The van der Waals surface area contributed by atoms with Gasteiger partial charge in [-0.1, -0.05) is 167 Å². The Morgan fingerprint density at radius 3 is 0.905 bits per heavy atom. The second-order valence-corrected chi connectivity index (χ2v) is 14.9. The first-order valence-corrected chi connectivity index (χ1v) is 20.0. The monoisotopic (exact) mass is 630 g/mol. The summed E-state index contributed by atoms with van der Waals surface area (Å²) in [4.78, 5) is -0.697. The second kappa shape index (κ2) is 25.4. The van der Waals surface area contributed by atoms with Crippen LogP contribution in [0.2, 0.25) is 0 Å². The van der Waals surface area contributed by atoms with Crippen LogP contribution < -0.4 is 0 Å². The zero-order chi connectivity index (χ0) is 30.8. The Kier molecular flexibility index (Phi) is 23.6. The molecule has 246 valence electrons. The molecule has 0 saturated carbocycles. The molecule has 0 aliphatic carbocycles. The van der Waals surface area contributed by atoms with E-state index in [2.05, 4.69) is 13.8 Å². The zero-order valence-corrected chi connectivity index (χ0v) is 28.6. The Balaban J connectivity index is 2.26. The van der Waals surface area contributed by atoms with Gasteiger partial charge in [0, 0.05) is 0 Å². The molecule has 0 bridgehead atoms. The average Bonchev–Trinajstić information content (AvgIpc) is 2.98. The van der Waals surface area contributed by atoms with E-state index in [4.69, 9.17) is 8.37 Å². The van der Waals surface area contributed by atoms with Crippen molar-refractivity contribution in [2.24, 2.45) is 0 Å². The highest BCUT2D eigenvalue weighted by Gasteiger charge is 2.27. The molecule has 0 heterocycles. The van der Waals surface area contributed by atoms with Crippen LogP contribution >= 0.6 is 0 Å². The highest BCUT2D eigenvalue weighted by molar-refractivity contribution is 7.90. The fraction of sp³-hybridized carbons (Fsp3) is 0.824. The molecule has 1 aromatic carbocycles. The minimum atomic E-state index is -4.21. The van der Waals surface area contributed by atoms with E-state index in [1.165, 1.54) is 127 Å². The molecule has 0 aromatic heterocycles. The maximum Gasteiger partial charge on any atom is 0.298 e. The lowest BCUT2D eigenvalue weighted by Crippen LogP contribution is -2.15. The lowest BCUT2D eigenvalue weighted by Gasteiger charge is -2.11. The van der Waals surface area contributed by atoms with Gasteiger partial charge in [0.05, 0.1) is 13.2 Å². The standard InChI is InChI=1S/C34H62O6S2/c1-3-5-7-9-11-13-15-17-19-21-23-27-31-39-41(35,36)33-29-25-26-30-34(33)42(37,38)40-32-28-24-22-20-18-16-14-12-10-8-6-4-2/h25-26,29-30H,3-24,27-28,31-32H2,1-2H3. The second-order valence-electron chi connectivity index (χ2n) is 11.8. The molecule has 0 unspecified atom stereocenters. The lowest BCUT2D eigenvalue weighted by atomic mass is 10.1. The molecule has 0 atom stereocenters. The normalized spacial score (nSPS) is 12.2. The fourth-order valence-corrected chi connectivity index (χ4v) is 7.87. The molecule has 8 heteroatoms. The summed E-state index contributed by atoms with van der Waals surface area (Å²) >= 11 is 0. The number of unbranched alkanes of at least 4 members (excludes halogenated alkanes) is 22. The first-order valence-electron chi connectivity index (χ1n) is 17.2. The maximum atomic E-state index is 12.8. The largest absolute Gasteiger partial charge is 0.298 e. The van der Waals surface area contributed by atoms with Crippen molar-refractivity contribution in [2.45, 2.75) is 178 Å². The van der Waals surface area contributed by atoms with Crippen molar-refractivity contribution in [3.63, 3.8) is 0 Å². The van der Waals surface area contributed by atoms with Crippen molar-refractivity contribution in [2.75, 3.05) is 13.2 Å². The molecule has 0 amide bonds. The van der Waals surface area contributed by atoms with Crippen LogP contribution in [0, 0.1) is 0 Å². The maximum absolute atomic E-state index is 12.8. The van der Waals surface area contributed by atoms with Gasteiger partial charge in [-0.05, 0) is 25.0 Å². The summed E-state index contributed by atoms with van der Waals surface area (Å²) < 4.78 is 61.8. The summed E-state index contributed by atoms with van der Waals surface area (Å²) in [7, 11) is -8.41. The van der Waals surface area contributed by atoms with Gasteiger partial charge in [0.15, 0.2) is 0 Å². The summed E-state index contributed by atoms with van der Waals surface area (Å²) in [5.74, 6) is 0. The van der Waals surface area contributed by atoms with Crippen LogP contribution in [-0.4, -0.2) is 30.0 Å². The van der Waals surface area contributed by atoms with Gasteiger partial charge in [0.1, 0.15) is 9.79 Å². The Morgan fingerprint density at radius 2 is 0.643 bits per heavy atom. The highest BCUT2D eigenvalue weighted by atomic mass is 32.2. The molecule has 0 saturated heterocycles. The van der Waals surface area contributed by atoms with Crippen LogP contribution in [0.3, 0.4) is 0 Å². The van der Waals surface area contributed by atoms with Crippen LogP contribution in [0.5, 0.6) is 0 Å². The molecule has 1 aromatic rings. The van der Waals surface area contributed by atoms with E-state index in [1.54, 1.807) is 0 Å². The zero-order valence-electron chi connectivity index (χ0n) is 27.0. The van der Waals surface area contributed by atoms with E-state index < -0.39 is 20.2 Å². The van der Waals surface area contributed by atoms with Crippen molar-refractivity contribution in [3.8, 4) is 0 Å². The molecule has 0 fully saturated rings. The molecule has 0 aliphatic rings. The predicted molar refractivity (Wildman–Crippen MR) is 175 cm³/mol. The summed E-state index contributed by atoms with van der Waals surface area (Å²) in [5.41, 5.74) is 0. The first-order chi connectivity index (χ1) is 20.3. The third-order valence-corrected chi connectivity index (χ3v) is 10.7. The third-order valence-electron chi connectivity index (χ3n) is 7.86. The molecule has 0 aliphatic heterocycles. The van der Waals surface area contributed by atoms with Crippen molar-refractivity contribution >= 4 is 20.2 Å². The molecule has 1 rings (SSSR count). The van der Waals surface area contributed by atoms with E-state index in [-0.39, 0.29) is 23.0 Å². The average molecular weight is 631 g/mol. The van der Waals surface area contributed by atoms with E-state index >= 15 is 0 Å². The van der Waals surface area contributed by atoms with Gasteiger partial charge in [-0.15, -0.1) is 0 Å². The summed E-state index contributed by atoms with van der Waals surface area (Å²) in [5, 5.41) is 0. The molecule has 42 heavy (non-hydrogen) atoms. The van der Waals surface area contributed by atoms with Gasteiger partial charge >= 0.3 is 0 Å². The number of benzene rings is 1. The topological polar surface area (TPSA) is 86.7 Å². The van der Waals surface area contributed by atoms with Gasteiger partial charge < -0.3 is 0 Å². The quantitative estimate of drug-likeness (QED) is 0.0621. The number of hydrogen-bond donors (Lipinski definition) is 0. The van der Waals surface area contributed by atoms with Gasteiger partial charge in [0.25, 0.3) is 20.2 Å². The van der Waals surface area contributed by atoms with Gasteiger partial charge in [0.2, 0.25) is 0 Å². The third kappa shape index (κ3) is 19.3. The summed E-state index contributed by atoms with van der Waals surface area (Å²) in [6.45, 7) is 4.57. The number of hydrogen-bond acceptors (Lipinski definition) is 6. The molecule has 0 spiro atoms. The van der Waals surface area contributed by atoms with Gasteiger partial charge in [-0.2, -0.15) is 16.8 Å². The van der Waals surface area contributed by atoms with E-state index in [0.717, 1.165) is 38.5 Å². The Labute approximate surface area is 260 Å². The Morgan fingerprint density at radius 1 is 0.405 bits per heavy atom. The van der Waals surface area contributed by atoms with E-state index in [0.29, 0.717) is 12.8 Å². The molecule has 0 N–H and O–H groups in total. The van der Waals surface area contributed by atoms with Crippen LogP contribution in [0.15, 0.2) is 34.1 Å².